The minimum Gasteiger partial charge on any atom is -0.491 e. The maximum atomic E-state index is 10.7. The van der Waals surface area contributed by atoms with Gasteiger partial charge < -0.3 is 9.84 Å². The fourth-order valence-corrected chi connectivity index (χ4v) is 2.83. The number of rotatable bonds is 10. The van der Waals surface area contributed by atoms with Gasteiger partial charge in [0, 0.05) is 44.2 Å². The third-order valence-corrected chi connectivity index (χ3v) is 4.18. The average molecular weight is 394 g/mol. The Morgan fingerprint density at radius 1 is 0.966 bits per heavy atom. The van der Waals surface area contributed by atoms with Crippen LogP contribution in [0.5, 0.6) is 5.75 Å². The van der Waals surface area contributed by atoms with Gasteiger partial charge in [-0.15, -0.1) is 0 Å². The van der Waals surface area contributed by atoms with Gasteiger partial charge in [-0.05, 0) is 36.4 Å². The summed E-state index contributed by atoms with van der Waals surface area (Å²) in [6.07, 6.45) is 2.72. The van der Waals surface area contributed by atoms with E-state index in [0.717, 1.165) is 11.4 Å². The van der Waals surface area contributed by atoms with Crippen molar-refractivity contribution in [3.8, 4) is 5.75 Å². The fourth-order valence-electron chi connectivity index (χ4n) is 2.83. The van der Waals surface area contributed by atoms with Gasteiger partial charge in [0.05, 0.1) is 16.3 Å². The molecule has 2 heterocycles. The molecule has 150 valence electrons. The SMILES string of the molecule is O=[N+]([O-])c1ccc(OCC(O)CN(Cc2ccccn2)Cc2ccccn2)cc1. The van der Waals surface area contributed by atoms with Gasteiger partial charge in [-0.2, -0.15) is 0 Å². The number of benzene rings is 1. The van der Waals surface area contributed by atoms with Crippen molar-refractivity contribution in [2.75, 3.05) is 13.2 Å². The molecule has 0 bridgehead atoms. The van der Waals surface area contributed by atoms with Crippen molar-refractivity contribution in [1.29, 1.82) is 0 Å². The molecule has 0 fully saturated rings. The maximum absolute atomic E-state index is 10.7. The summed E-state index contributed by atoms with van der Waals surface area (Å²) >= 11 is 0. The van der Waals surface area contributed by atoms with Crippen molar-refractivity contribution in [2.24, 2.45) is 0 Å². The normalized spacial score (nSPS) is 11.9. The zero-order valence-corrected chi connectivity index (χ0v) is 15.8. The van der Waals surface area contributed by atoms with Crippen molar-refractivity contribution in [1.82, 2.24) is 14.9 Å². The van der Waals surface area contributed by atoms with Gasteiger partial charge in [-0.3, -0.25) is 25.0 Å². The molecule has 0 saturated carbocycles. The Morgan fingerprint density at radius 3 is 2.03 bits per heavy atom. The number of non-ortho nitro benzene ring substituents is 1. The lowest BCUT2D eigenvalue weighted by Gasteiger charge is -2.24. The Bertz CT molecular complexity index is 850. The molecule has 0 aliphatic heterocycles. The number of aliphatic hydroxyl groups excluding tert-OH is 1. The molecule has 0 radical (unpaired) electrons. The molecular formula is C21H22N4O4. The first-order valence-electron chi connectivity index (χ1n) is 9.17. The number of aromatic nitrogens is 2. The molecule has 0 amide bonds. The van der Waals surface area contributed by atoms with Crippen LogP contribution in [-0.4, -0.2) is 44.2 Å². The molecular weight excluding hydrogens is 372 g/mol. The topological polar surface area (TPSA) is 102 Å². The van der Waals surface area contributed by atoms with E-state index in [0.29, 0.717) is 25.4 Å². The van der Waals surface area contributed by atoms with E-state index in [1.807, 2.05) is 36.4 Å². The Balaban J connectivity index is 1.59. The van der Waals surface area contributed by atoms with Crippen LogP contribution in [0.25, 0.3) is 0 Å². The second kappa shape index (κ2) is 10.3. The van der Waals surface area contributed by atoms with E-state index in [9.17, 15) is 15.2 Å². The summed E-state index contributed by atoms with van der Waals surface area (Å²) in [5.74, 6) is 0.468. The van der Waals surface area contributed by atoms with E-state index >= 15 is 0 Å². The molecule has 1 atom stereocenters. The number of aliphatic hydroxyl groups is 1. The van der Waals surface area contributed by atoms with E-state index in [1.54, 1.807) is 12.4 Å². The second-order valence-electron chi connectivity index (χ2n) is 6.53. The molecule has 1 N–H and O–H groups in total. The molecule has 8 heteroatoms. The lowest BCUT2D eigenvalue weighted by molar-refractivity contribution is -0.384. The summed E-state index contributed by atoms with van der Waals surface area (Å²) in [6, 6.07) is 17.2. The van der Waals surface area contributed by atoms with E-state index in [1.165, 1.54) is 24.3 Å². The first-order valence-corrected chi connectivity index (χ1v) is 9.17. The van der Waals surface area contributed by atoms with Crippen molar-refractivity contribution >= 4 is 5.69 Å². The van der Waals surface area contributed by atoms with Crippen molar-refractivity contribution in [3.63, 3.8) is 0 Å². The van der Waals surface area contributed by atoms with Gasteiger partial charge in [0.1, 0.15) is 18.5 Å². The zero-order valence-electron chi connectivity index (χ0n) is 15.8. The van der Waals surface area contributed by atoms with Gasteiger partial charge >= 0.3 is 0 Å². The van der Waals surface area contributed by atoms with E-state index in [2.05, 4.69) is 14.9 Å². The van der Waals surface area contributed by atoms with Crippen molar-refractivity contribution < 1.29 is 14.8 Å². The number of ether oxygens (including phenoxy) is 1. The van der Waals surface area contributed by atoms with E-state index in [-0.39, 0.29) is 12.3 Å². The predicted molar refractivity (Wildman–Crippen MR) is 107 cm³/mol. The maximum Gasteiger partial charge on any atom is 0.269 e. The number of pyridine rings is 2. The van der Waals surface area contributed by atoms with Crippen LogP contribution in [-0.2, 0) is 13.1 Å². The summed E-state index contributed by atoms with van der Waals surface area (Å²) in [5, 5.41) is 21.2. The number of nitrogens with zero attached hydrogens (tertiary/aromatic N) is 4. The summed E-state index contributed by atoms with van der Waals surface area (Å²) in [7, 11) is 0. The summed E-state index contributed by atoms with van der Waals surface area (Å²) in [4.78, 5) is 21.0. The molecule has 0 aliphatic carbocycles. The summed E-state index contributed by atoms with van der Waals surface area (Å²) in [5.41, 5.74) is 1.79. The van der Waals surface area contributed by atoms with Crippen LogP contribution in [0.1, 0.15) is 11.4 Å². The number of hydrogen-bond acceptors (Lipinski definition) is 7. The molecule has 0 aliphatic rings. The van der Waals surface area contributed by atoms with Gasteiger partial charge in [0.2, 0.25) is 0 Å². The quantitative estimate of drug-likeness (QED) is 0.417. The molecule has 8 nitrogen and oxygen atoms in total. The summed E-state index contributed by atoms with van der Waals surface area (Å²) < 4.78 is 5.57. The zero-order chi connectivity index (χ0) is 20.5. The van der Waals surface area contributed by atoms with Gasteiger partial charge in [-0.25, -0.2) is 0 Å². The van der Waals surface area contributed by atoms with Crippen LogP contribution in [0.2, 0.25) is 0 Å². The third-order valence-electron chi connectivity index (χ3n) is 4.18. The van der Waals surface area contributed by atoms with E-state index in [4.69, 9.17) is 4.74 Å². The Kier molecular flexibility index (Phi) is 7.21. The number of nitro benzene ring substituents is 1. The molecule has 0 spiro atoms. The monoisotopic (exact) mass is 394 g/mol. The fraction of sp³-hybridized carbons (Fsp3) is 0.238. The second-order valence-corrected chi connectivity index (χ2v) is 6.53. The first-order chi connectivity index (χ1) is 14.1. The number of hydrogen-bond donors (Lipinski definition) is 1. The highest BCUT2D eigenvalue weighted by Crippen LogP contribution is 2.17. The molecule has 1 aromatic carbocycles. The first kappa shape index (κ1) is 20.4. The summed E-state index contributed by atoms with van der Waals surface area (Å²) in [6.45, 7) is 1.55. The van der Waals surface area contributed by atoms with Crippen LogP contribution in [0.3, 0.4) is 0 Å². The Labute approximate surface area is 168 Å². The lowest BCUT2D eigenvalue weighted by atomic mass is 10.2. The smallest absolute Gasteiger partial charge is 0.269 e. The highest BCUT2D eigenvalue weighted by Gasteiger charge is 2.15. The highest BCUT2D eigenvalue weighted by molar-refractivity contribution is 5.35. The Morgan fingerprint density at radius 2 is 1.55 bits per heavy atom. The van der Waals surface area contributed by atoms with Crippen LogP contribution < -0.4 is 4.74 Å². The van der Waals surface area contributed by atoms with Crippen LogP contribution in [0.4, 0.5) is 5.69 Å². The van der Waals surface area contributed by atoms with Crippen molar-refractivity contribution in [3.05, 3.63) is 94.6 Å². The van der Waals surface area contributed by atoms with Crippen LogP contribution >= 0.6 is 0 Å². The minimum atomic E-state index is -0.752. The van der Waals surface area contributed by atoms with Gasteiger partial charge in [0.25, 0.3) is 5.69 Å². The predicted octanol–water partition coefficient (Wildman–Crippen LogP) is 2.83. The molecule has 3 rings (SSSR count). The number of nitro groups is 1. The molecule has 2 aromatic heterocycles. The van der Waals surface area contributed by atoms with Crippen LogP contribution in [0.15, 0.2) is 73.1 Å². The lowest BCUT2D eigenvalue weighted by Crippen LogP contribution is -2.35. The molecule has 0 saturated heterocycles. The highest BCUT2D eigenvalue weighted by atomic mass is 16.6. The third kappa shape index (κ3) is 6.63. The molecule has 3 aromatic rings. The standard InChI is InChI=1S/C21H22N4O4/c26-20(16-29-21-9-7-19(8-10-21)25(27)28)15-24(13-17-5-1-3-11-22-17)14-18-6-2-4-12-23-18/h1-12,20,26H,13-16H2. The van der Waals surface area contributed by atoms with Gasteiger partial charge in [-0.1, -0.05) is 12.1 Å². The van der Waals surface area contributed by atoms with Crippen molar-refractivity contribution in [2.45, 2.75) is 19.2 Å². The minimum absolute atomic E-state index is 0.00482. The average Bonchev–Trinajstić information content (AvgIpc) is 2.74. The van der Waals surface area contributed by atoms with Gasteiger partial charge in [0.15, 0.2) is 0 Å². The van der Waals surface area contributed by atoms with E-state index < -0.39 is 11.0 Å². The largest absolute Gasteiger partial charge is 0.491 e. The molecule has 29 heavy (non-hydrogen) atoms. The molecule has 1 unspecified atom stereocenters. The Hall–Kier alpha value is -3.36. The van der Waals surface area contributed by atoms with Crippen LogP contribution in [0, 0.1) is 10.1 Å².